The van der Waals surface area contributed by atoms with E-state index in [1.807, 2.05) is 31.3 Å². The molecule has 26 heavy (non-hydrogen) atoms. The highest BCUT2D eigenvalue weighted by atomic mass is 16.5. The number of hydrogen-bond donors (Lipinski definition) is 1. The second kappa shape index (κ2) is 9.56. The number of rotatable bonds is 9. The highest BCUT2D eigenvalue weighted by molar-refractivity contribution is 5.97. The Kier molecular flexibility index (Phi) is 7.14. The Balaban J connectivity index is 1.85. The second-order valence-electron chi connectivity index (χ2n) is 5.77. The first kappa shape index (κ1) is 19.4. The van der Waals surface area contributed by atoms with Crippen molar-refractivity contribution in [2.75, 3.05) is 46.4 Å². The van der Waals surface area contributed by atoms with Gasteiger partial charge in [0.25, 0.3) is 5.91 Å². The van der Waals surface area contributed by atoms with Crippen LogP contribution in [0.25, 0.3) is 0 Å². The predicted octanol–water partition coefficient (Wildman–Crippen LogP) is 2.97. The second-order valence-corrected chi connectivity index (χ2v) is 5.77. The molecule has 0 aromatic heterocycles. The minimum atomic E-state index is -0.173. The summed E-state index contributed by atoms with van der Waals surface area (Å²) in [5.74, 6) is 1.65. The van der Waals surface area contributed by atoms with Crippen LogP contribution < -0.4 is 24.4 Å². The van der Waals surface area contributed by atoms with E-state index in [9.17, 15) is 4.79 Å². The van der Waals surface area contributed by atoms with Gasteiger partial charge >= 0.3 is 0 Å². The Hall–Kier alpha value is -2.89. The topological polar surface area (TPSA) is 60.0 Å². The van der Waals surface area contributed by atoms with Crippen LogP contribution in [-0.4, -0.2) is 47.4 Å². The van der Waals surface area contributed by atoms with Gasteiger partial charge in [0, 0.05) is 25.8 Å². The van der Waals surface area contributed by atoms with E-state index in [4.69, 9.17) is 14.2 Å². The molecule has 0 aliphatic heterocycles. The van der Waals surface area contributed by atoms with Gasteiger partial charge in [-0.15, -0.1) is 0 Å². The van der Waals surface area contributed by atoms with Crippen molar-refractivity contribution in [3.05, 3.63) is 48.0 Å². The van der Waals surface area contributed by atoms with Gasteiger partial charge < -0.3 is 24.4 Å². The highest BCUT2D eigenvalue weighted by Crippen LogP contribution is 2.30. The standard InChI is InChI=1S/C20H26N2O4/c1-22(15-9-11-16(24-2)12-10-15)14-6-13-21-20(23)17-7-5-8-18(25-3)19(17)26-4/h5,7-12H,6,13-14H2,1-4H3,(H,21,23). The lowest BCUT2D eigenvalue weighted by atomic mass is 10.1. The number of methoxy groups -OCH3 is 3. The molecule has 6 heteroatoms. The SMILES string of the molecule is COc1ccc(N(C)CCCNC(=O)c2cccc(OC)c2OC)cc1. The zero-order chi connectivity index (χ0) is 18.9. The number of carbonyl (C=O) groups is 1. The molecule has 0 unspecified atom stereocenters. The number of nitrogens with zero attached hydrogens (tertiary/aromatic N) is 1. The zero-order valence-corrected chi connectivity index (χ0v) is 15.7. The van der Waals surface area contributed by atoms with Crippen molar-refractivity contribution in [2.45, 2.75) is 6.42 Å². The van der Waals surface area contributed by atoms with Crippen molar-refractivity contribution in [3.63, 3.8) is 0 Å². The maximum absolute atomic E-state index is 12.4. The number of carbonyl (C=O) groups excluding carboxylic acids is 1. The van der Waals surface area contributed by atoms with Crippen LogP contribution in [0.3, 0.4) is 0 Å². The van der Waals surface area contributed by atoms with Crippen molar-refractivity contribution < 1.29 is 19.0 Å². The summed E-state index contributed by atoms with van der Waals surface area (Å²) in [7, 11) is 6.75. The average molecular weight is 358 g/mol. The number of hydrogen-bond acceptors (Lipinski definition) is 5. The Bertz CT molecular complexity index is 716. The van der Waals surface area contributed by atoms with E-state index >= 15 is 0 Å². The molecule has 0 saturated heterocycles. The molecule has 0 bridgehead atoms. The van der Waals surface area contributed by atoms with Crippen LogP contribution in [0.2, 0.25) is 0 Å². The van der Waals surface area contributed by atoms with Crippen LogP contribution in [0.5, 0.6) is 17.2 Å². The first-order chi connectivity index (χ1) is 12.6. The third-order valence-corrected chi connectivity index (χ3v) is 4.12. The van der Waals surface area contributed by atoms with Gasteiger partial charge in [-0.2, -0.15) is 0 Å². The smallest absolute Gasteiger partial charge is 0.255 e. The molecule has 6 nitrogen and oxygen atoms in total. The molecule has 0 heterocycles. The quantitative estimate of drug-likeness (QED) is 0.699. The number of nitrogens with one attached hydrogen (secondary N) is 1. The Morgan fingerprint density at radius 2 is 1.73 bits per heavy atom. The van der Waals surface area contributed by atoms with E-state index in [0.717, 1.165) is 24.4 Å². The summed E-state index contributed by atoms with van der Waals surface area (Å²) >= 11 is 0. The van der Waals surface area contributed by atoms with E-state index in [0.29, 0.717) is 23.6 Å². The fourth-order valence-corrected chi connectivity index (χ4v) is 2.65. The third-order valence-electron chi connectivity index (χ3n) is 4.12. The maximum atomic E-state index is 12.4. The van der Waals surface area contributed by atoms with Gasteiger partial charge in [-0.05, 0) is 42.8 Å². The van der Waals surface area contributed by atoms with Crippen LogP contribution in [0.15, 0.2) is 42.5 Å². The van der Waals surface area contributed by atoms with Gasteiger partial charge in [0.1, 0.15) is 5.75 Å². The Labute approximate surface area is 154 Å². The molecule has 0 spiro atoms. The summed E-state index contributed by atoms with van der Waals surface area (Å²) in [5.41, 5.74) is 1.57. The fraction of sp³-hybridized carbons (Fsp3) is 0.350. The fourth-order valence-electron chi connectivity index (χ4n) is 2.65. The minimum absolute atomic E-state index is 0.173. The summed E-state index contributed by atoms with van der Waals surface area (Å²) in [6.45, 7) is 1.39. The number of benzene rings is 2. The van der Waals surface area contributed by atoms with Crippen LogP contribution in [0, 0.1) is 0 Å². The summed E-state index contributed by atoms with van der Waals surface area (Å²) < 4.78 is 15.7. The lowest BCUT2D eigenvalue weighted by molar-refractivity contribution is 0.0949. The normalized spacial score (nSPS) is 10.2. The minimum Gasteiger partial charge on any atom is -0.497 e. The van der Waals surface area contributed by atoms with Crippen LogP contribution in [-0.2, 0) is 0 Å². The van der Waals surface area contributed by atoms with Crippen molar-refractivity contribution in [3.8, 4) is 17.2 Å². The van der Waals surface area contributed by atoms with Crippen molar-refractivity contribution in [1.82, 2.24) is 5.32 Å². The van der Waals surface area contributed by atoms with E-state index < -0.39 is 0 Å². The lowest BCUT2D eigenvalue weighted by Gasteiger charge is -2.19. The molecular weight excluding hydrogens is 332 g/mol. The van der Waals surface area contributed by atoms with Gasteiger partial charge in [-0.25, -0.2) is 0 Å². The molecule has 2 aromatic carbocycles. The van der Waals surface area contributed by atoms with E-state index in [1.165, 1.54) is 7.11 Å². The molecule has 0 saturated carbocycles. The highest BCUT2D eigenvalue weighted by Gasteiger charge is 2.15. The van der Waals surface area contributed by atoms with Gasteiger partial charge in [-0.1, -0.05) is 6.07 Å². The molecule has 0 atom stereocenters. The van der Waals surface area contributed by atoms with Crippen LogP contribution in [0.4, 0.5) is 5.69 Å². The van der Waals surface area contributed by atoms with Crippen molar-refractivity contribution in [1.29, 1.82) is 0 Å². The van der Waals surface area contributed by atoms with E-state index in [2.05, 4.69) is 10.2 Å². The van der Waals surface area contributed by atoms with Crippen LogP contribution in [0.1, 0.15) is 16.8 Å². The first-order valence-electron chi connectivity index (χ1n) is 8.45. The Morgan fingerprint density at radius 3 is 2.35 bits per heavy atom. The number of anilines is 1. The van der Waals surface area contributed by atoms with Crippen molar-refractivity contribution in [2.24, 2.45) is 0 Å². The molecule has 140 valence electrons. The van der Waals surface area contributed by atoms with Crippen molar-refractivity contribution >= 4 is 11.6 Å². The number of amides is 1. The number of ether oxygens (including phenoxy) is 3. The molecule has 0 radical (unpaired) electrons. The third kappa shape index (κ3) is 4.81. The van der Waals surface area contributed by atoms with Gasteiger partial charge in [0.05, 0.1) is 26.9 Å². The van der Waals surface area contributed by atoms with Crippen LogP contribution >= 0.6 is 0 Å². The first-order valence-corrected chi connectivity index (χ1v) is 8.45. The number of para-hydroxylation sites is 1. The van der Waals surface area contributed by atoms with Gasteiger partial charge in [0.15, 0.2) is 11.5 Å². The molecule has 0 aliphatic rings. The molecule has 1 amide bonds. The van der Waals surface area contributed by atoms with E-state index in [1.54, 1.807) is 32.4 Å². The lowest BCUT2D eigenvalue weighted by Crippen LogP contribution is -2.28. The monoisotopic (exact) mass is 358 g/mol. The summed E-state index contributed by atoms with van der Waals surface area (Å²) in [5, 5.41) is 2.93. The predicted molar refractivity (Wildman–Crippen MR) is 103 cm³/mol. The molecular formula is C20H26N2O4. The zero-order valence-electron chi connectivity index (χ0n) is 15.7. The molecule has 0 fully saturated rings. The molecule has 0 aliphatic carbocycles. The summed E-state index contributed by atoms with van der Waals surface area (Å²) in [4.78, 5) is 14.5. The summed E-state index contributed by atoms with van der Waals surface area (Å²) in [6.07, 6.45) is 0.820. The summed E-state index contributed by atoms with van der Waals surface area (Å²) in [6, 6.07) is 13.1. The average Bonchev–Trinajstić information content (AvgIpc) is 2.70. The molecule has 2 rings (SSSR count). The molecule has 2 aromatic rings. The largest absolute Gasteiger partial charge is 0.497 e. The Morgan fingerprint density at radius 1 is 1.00 bits per heavy atom. The molecule has 1 N–H and O–H groups in total. The van der Waals surface area contributed by atoms with Gasteiger partial charge in [0.2, 0.25) is 0 Å². The van der Waals surface area contributed by atoms with Gasteiger partial charge in [-0.3, -0.25) is 4.79 Å². The maximum Gasteiger partial charge on any atom is 0.255 e. The van der Waals surface area contributed by atoms with E-state index in [-0.39, 0.29) is 5.91 Å².